The van der Waals surface area contributed by atoms with Crippen LogP contribution in [0.1, 0.15) is 0 Å². The molecule has 0 aliphatic rings. The number of benzene rings is 8. The average molecular weight is 690 g/mol. The van der Waals surface area contributed by atoms with Gasteiger partial charge in [-0.2, -0.15) is 0 Å². The highest BCUT2D eigenvalue weighted by Gasteiger charge is 2.17. The molecule has 9 rings (SSSR count). The van der Waals surface area contributed by atoms with E-state index in [9.17, 15) is 0 Å². The molecule has 0 spiro atoms. The zero-order valence-corrected chi connectivity index (χ0v) is 29.5. The smallest absolute Gasteiger partial charge is 0.164 e. The van der Waals surface area contributed by atoms with Gasteiger partial charge in [-0.15, -0.1) is 0 Å². The standard InChI is InChI=1S/C51H35N3/c1-5-16-36(17-6-1)42-24-15-25-44(34-42)50-52-49(53-51(54-50)47-27-14-13-26-45(47)38-20-9-3-10-21-38)41-30-28-40(29-31-41)48-35-43(37-18-7-2-8-19-37)32-33-46(48)39-22-11-4-12-23-39/h1-35H. The van der Waals surface area contributed by atoms with Gasteiger partial charge in [0.25, 0.3) is 0 Å². The number of hydrogen-bond acceptors (Lipinski definition) is 3. The van der Waals surface area contributed by atoms with Crippen molar-refractivity contribution in [3.63, 3.8) is 0 Å². The van der Waals surface area contributed by atoms with Crippen LogP contribution in [0.5, 0.6) is 0 Å². The van der Waals surface area contributed by atoms with Crippen molar-refractivity contribution in [1.82, 2.24) is 15.0 Å². The van der Waals surface area contributed by atoms with E-state index in [0.717, 1.165) is 44.5 Å². The van der Waals surface area contributed by atoms with E-state index in [1.54, 1.807) is 0 Å². The zero-order valence-electron chi connectivity index (χ0n) is 29.5. The Bertz CT molecular complexity index is 2670. The van der Waals surface area contributed by atoms with Crippen molar-refractivity contribution in [3.8, 4) is 89.8 Å². The van der Waals surface area contributed by atoms with Crippen molar-refractivity contribution in [2.75, 3.05) is 0 Å². The van der Waals surface area contributed by atoms with Crippen LogP contribution in [0, 0.1) is 0 Å². The molecule has 1 heterocycles. The van der Waals surface area contributed by atoms with Gasteiger partial charge in [-0.3, -0.25) is 0 Å². The van der Waals surface area contributed by atoms with Crippen LogP contribution in [0.15, 0.2) is 212 Å². The molecular formula is C51H35N3. The maximum absolute atomic E-state index is 5.17. The first-order valence-electron chi connectivity index (χ1n) is 18.2. The van der Waals surface area contributed by atoms with Gasteiger partial charge in [-0.1, -0.05) is 200 Å². The second-order valence-electron chi connectivity index (χ2n) is 13.2. The minimum atomic E-state index is 0.621. The minimum absolute atomic E-state index is 0.621. The maximum Gasteiger partial charge on any atom is 0.164 e. The first-order chi connectivity index (χ1) is 26.8. The Morgan fingerprint density at radius 2 is 0.556 bits per heavy atom. The van der Waals surface area contributed by atoms with E-state index < -0.39 is 0 Å². The lowest BCUT2D eigenvalue weighted by Gasteiger charge is -2.14. The predicted octanol–water partition coefficient (Wildman–Crippen LogP) is 13.2. The minimum Gasteiger partial charge on any atom is -0.208 e. The summed E-state index contributed by atoms with van der Waals surface area (Å²) in [5, 5.41) is 0. The summed E-state index contributed by atoms with van der Waals surface area (Å²) in [7, 11) is 0. The quantitative estimate of drug-likeness (QED) is 0.159. The fraction of sp³-hybridized carbons (Fsp3) is 0. The van der Waals surface area contributed by atoms with Crippen LogP contribution in [0.4, 0.5) is 0 Å². The molecule has 0 fully saturated rings. The van der Waals surface area contributed by atoms with E-state index in [1.807, 2.05) is 18.2 Å². The van der Waals surface area contributed by atoms with Crippen LogP contribution in [-0.2, 0) is 0 Å². The first-order valence-corrected chi connectivity index (χ1v) is 18.2. The lowest BCUT2D eigenvalue weighted by Crippen LogP contribution is -2.01. The van der Waals surface area contributed by atoms with E-state index in [-0.39, 0.29) is 0 Å². The Labute approximate surface area is 316 Å². The highest BCUT2D eigenvalue weighted by atomic mass is 15.0. The average Bonchev–Trinajstić information content (AvgIpc) is 3.27. The SMILES string of the molecule is c1ccc(-c2cccc(-c3nc(-c4ccc(-c5cc(-c6ccccc6)ccc5-c5ccccc5)cc4)nc(-c4ccccc4-c4ccccc4)n3)c2)cc1. The molecular weight excluding hydrogens is 655 g/mol. The Hall–Kier alpha value is -7.23. The molecule has 1 aromatic heterocycles. The van der Waals surface area contributed by atoms with Gasteiger partial charge in [0, 0.05) is 16.7 Å². The van der Waals surface area contributed by atoms with E-state index in [1.165, 1.54) is 27.8 Å². The lowest BCUT2D eigenvalue weighted by molar-refractivity contribution is 1.07. The van der Waals surface area contributed by atoms with Crippen LogP contribution in [0.3, 0.4) is 0 Å². The summed E-state index contributed by atoms with van der Waals surface area (Å²) < 4.78 is 0. The molecule has 0 aliphatic heterocycles. The lowest BCUT2D eigenvalue weighted by atomic mass is 9.91. The van der Waals surface area contributed by atoms with Gasteiger partial charge in [-0.25, -0.2) is 15.0 Å². The van der Waals surface area contributed by atoms with Crippen molar-refractivity contribution in [2.45, 2.75) is 0 Å². The van der Waals surface area contributed by atoms with Crippen molar-refractivity contribution in [2.24, 2.45) is 0 Å². The van der Waals surface area contributed by atoms with Crippen molar-refractivity contribution in [1.29, 1.82) is 0 Å². The van der Waals surface area contributed by atoms with Gasteiger partial charge < -0.3 is 0 Å². The summed E-state index contributed by atoms with van der Waals surface area (Å²) in [6, 6.07) is 74.1. The number of nitrogens with zero attached hydrogens (tertiary/aromatic N) is 3. The molecule has 0 radical (unpaired) electrons. The summed E-state index contributed by atoms with van der Waals surface area (Å²) in [5.74, 6) is 1.88. The first kappa shape index (κ1) is 32.7. The molecule has 8 aromatic carbocycles. The largest absolute Gasteiger partial charge is 0.208 e. The number of hydrogen-bond donors (Lipinski definition) is 0. The zero-order chi connectivity index (χ0) is 36.1. The van der Waals surface area contributed by atoms with Gasteiger partial charge in [0.2, 0.25) is 0 Å². The third-order valence-electron chi connectivity index (χ3n) is 9.78. The van der Waals surface area contributed by atoms with E-state index in [0.29, 0.717) is 17.5 Å². The molecule has 3 heteroatoms. The fourth-order valence-corrected chi connectivity index (χ4v) is 7.03. The highest BCUT2D eigenvalue weighted by Crippen LogP contribution is 2.38. The molecule has 0 unspecified atom stereocenters. The van der Waals surface area contributed by atoms with E-state index in [2.05, 4.69) is 194 Å². The molecule has 54 heavy (non-hydrogen) atoms. The van der Waals surface area contributed by atoms with E-state index in [4.69, 9.17) is 15.0 Å². The second-order valence-corrected chi connectivity index (χ2v) is 13.2. The fourth-order valence-electron chi connectivity index (χ4n) is 7.03. The molecule has 3 nitrogen and oxygen atoms in total. The molecule has 0 amide bonds. The summed E-state index contributed by atoms with van der Waals surface area (Å²) in [6.45, 7) is 0. The van der Waals surface area contributed by atoms with Gasteiger partial charge in [0.1, 0.15) is 0 Å². The summed E-state index contributed by atoms with van der Waals surface area (Å²) in [5.41, 5.74) is 14.2. The molecule has 254 valence electrons. The van der Waals surface area contributed by atoms with Crippen molar-refractivity contribution >= 4 is 0 Å². The van der Waals surface area contributed by atoms with Crippen LogP contribution < -0.4 is 0 Å². The van der Waals surface area contributed by atoms with Gasteiger partial charge in [-0.05, 0) is 67.8 Å². The van der Waals surface area contributed by atoms with Crippen LogP contribution >= 0.6 is 0 Å². The molecule has 0 aliphatic carbocycles. The second kappa shape index (κ2) is 14.8. The third-order valence-corrected chi connectivity index (χ3v) is 9.78. The summed E-state index contributed by atoms with van der Waals surface area (Å²) >= 11 is 0. The Kier molecular flexibility index (Phi) is 8.94. The van der Waals surface area contributed by atoms with Crippen LogP contribution in [0.25, 0.3) is 89.8 Å². The number of rotatable bonds is 8. The van der Waals surface area contributed by atoms with E-state index >= 15 is 0 Å². The maximum atomic E-state index is 5.17. The topological polar surface area (TPSA) is 38.7 Å². The normalized spacial score (nSPS) is 11.0. The molecule has 0 atom stereocenters. The Balaban J connectivity index is 1.18. The van der Waals surface area contributed by atoms with Gasteiger partial charge >= 0.3 is 0 Å². The molecule has 0 N–H and O–H groups in total. The highest BCUT2D eigenvalue weighted by molar-refractivity contribution is 5.88. The van der Waals surface area contributed by atoms with Gasteiger partial charge in [0.05, 0.1) is 0 Å². The monoisotopic (exact) mass is 689 g/mol. The van der Waals surface area contributed by atoms with Gasteiger partial charge in [0.15, 0.2) is 17.5 Å². The summed E-state index contributed by atoms with van der Waals surface area (Å²) in [4.78, 5) is 15.4. The summed E-state index contributed by atoms with van der Waals surface area (Å²) in [6.07, 6.45) is 0. The predicted molar refractivity (Wildman–Crippen MR) is 223 cm³/mol. The third kappa shape index (κ3) is 6.74. The molecule has 9 aromatic rings. The number of aromatic nitrogens is 3. The molecule has 0 saturated carbocycles. The van der Waals surface area contributed by atoms with Crippen LogP contribution in [0.2, 0.25) is 0 Å². The molecule has 0 bridgehead atoms. The Morgan fingerprint density at radius 3 is 1.15 bits per heavy atom. The van der Waals surface area contributed by atoms with Crippen molar-refractivity contribution in [3.05, 3.63) is 212 Å². The molecule has 0 saturated heterocycles. The van der Waals surface area contributed by atoms with Crippen molar-refractivity contribution < 1.29 is 0 Å². The van der Waals surface area contributed by atoms with Crippen LogP contribution in [-0.4, -0.2) is 15.0 Å². The Morgan fingerprint density at radius 1 is 0.185 bits per heavy atom.